The van der Waals surface area contributed by atoms with Gasteiger partial charge < -0.3 is 9.55 Å². The van der Waals surface area contributed by atoms with E-state index in [4.69, 9.17) is 0 Å². The third-order valence-electron chi connectivity index (χ3n) is 6.90. The molecule has 6 aromatic rings. The molecule has 0 radical (unpaired) electrons. The van der Waals surface area contributed by atoms with Gasteiger partial charge in [0.2, 0.25) is 0 Å². The summed E-state index contributed by atoms with van der Waals surface area (Å²) in [6, 6.07) is 28.9. The van der Waals surface area contributed by atoms with E-state index in [1.165, 1.54) is 60.4 Å². The second-order valence-electron chi connectivity index (χ2n) is 8.76. The summed E-state index contributed by atoms with van der Waals surface area (Å²) in [4.78, 5) is 3.64. The number of aromatic nitrogens is 2. The van der Waals surface area contributed by atoms with Crippen LogP contribution in [0.25, 0.3) is 49.3 Å². The predicted molar refractivity (Wildman–Crippen MR) is 122 cm³/mol. The van der Waals surface area contributed by atoms with E-state index in [1.807, 2.05) is 0 Å². The van der Waals surface area contributed by atoms with Gasteiger partial charge in [-0.05, 0) is 35.4 Å². The molecular weight excluding hydrogens is 352 g/mol. The number of rotatable bonds is 0. The van der Waals surface area contributed by atoms with Gasteiger partial charge in [0.05, 0.1) is 16.7 Å². The van der Waals surface area contributed by atoms with Crippen LogP contribution in [0.15, 0.2) is 78.9 Å². The molecule has 7 rings (SSSR count). The highest BCUT2D eigenvalue weighted by atomic mass is 15.0. The van der Waals surface area contributed by atoms with Gasteiger partial charge in [-0.3, -0.25) is 0 Å². The Hall–Kier alpha value is -3.52. The molecule has 0 saturated carbocycles. The average molecular weight is 372 g/mol. The standard InChI is InChI=1S/C27H20N2/c1-27(2)20-11-7-10-18-17-9-4-6-13-24(17)29(26(18)20)25-14-19-16-8-3-5-12-22(16)28-23(19)15-21(25)27/h3-15,28H,1-2H3. The van der Waals surface area contributed by atoms with Crippen molar-refractivity contribution in [2.75, 3.05) is 0 Å². The third kappa shape index (κ3) is 1.73. The van der Waals surface area contributed by atoms with Gasteiger partial charge in [-0.15, -0.1) is 0 Å². The number of nitrogens with one attached hydrogen (secondary N) is 1. The van der Waals surface area contributed by atoms with Crippen molar-refractivity contribution in [3.05, 3.63) is 90.0 Å². The van der Waals surface area contributed by atoms with E-state index >= 15 is 0 Å². The smallest absolute Gasteiger partial charge is 0.0582 e. The first-order valence-corrected chi connectivity index (χ1v) is 10.2. The Balaban J connectivity index is 1.76. The molecule has 2 heteroatoms. The fraction of sp³-hybridized carbons (Fsp3) is 0.111. The predicted octanol–water partition coefficient (Wildman–Crippen LogP) is 7.06. The first-order valence-electron chi connectivity index (χ1n) is 10.2. The molecule has 0 spiro atoms. The molecule has 1 aliphatic rings. The van der Waals surface area contributed by atoms with Crippen LogP contribution in [0.5, 0.6) is 0 Å². The molecule has 29 heavy (non-hydrogen) atoms. The van der Waals surface area contributed by atoms with Crippen molar-refractivity contribution in [2.24, 2.45) is 0 Å². The molecule has 3 heterocycles. The maximum atomic E-state index is 3.64. The second-order valence-corrected chi connectivity index (χ2v) is 8.76. The minimum absolute atomic E-state index is 0.0648. The fourth-order valence-corrected chi connectivity index (χ4v) is 5.49. The normalized spacial score (nSPS) is 14.8. The molecule has 0 unspecified atom stereocenters. The number of hydrogen-bond acceptors (Lipinski definition) is 0. The minimum Gasteiger partial charge on any atom is -0.354 e. The highest BCUT2D eigenvalue weighted by Crippen LogP contribution is 2.48. The summed E-state index contributed by atoms with van der Waals surface area (Å²) in [5.74, 6) is 0. The van der Waals surface area contributed by atoms with Crippen LogP contribution in [0.4, 0.5) is 0 Å². The number of H-pyrrole nitrogens is 1. The number of aromatic amines is 1. The lowest BCUT2D eigenvalue weighted by molar-refractivity contribution is 0.631. The molecule has 0 fully saturated rings. The van der Waals surface area contributed by atoms with Crippen LogP contribution in [0.3, 0.4) is 0 Å². The Labute approximate surface area is 168 Å². The van der Waals surface area contributed by atoms with E-state index in [2.05, 4.69) is 102 Å². The van der Waals surface area contributed by atoms with Crippen molar-refractivity contribution < 1.29 is 0 Å². The summed E-state index contributed by atoms with van der Waals surface area (Å²) >= 11 is 0. The largest absolute Gasteiger partial charge is 0.354 e. The molecule has 2 aromatic heterocycles. The van der Waals surface area contributed by atoms with Gasteiger partial charge in [0.15, 0.2) is 0 Å². The summed E-state index contributed by atoms with van der Waals surface area (Å²) in [6.45, 7) is 4.71. The van der Waals surface area contributed by atoms with Crippen LogP contribution in [-0.4, -0.2) is 9.55 Å². The third-order valence-corrected chi connectivity index (χ3v) is 6.90. The molecule has 1 aliphatic heterocycles. The van der Waals surface area contributed by atoms with Crippen molar-refractivity contribution in [1.29, 1.82) is 0 Å². The zero-order valence-corrected chi connectivity index (χ0v) is 16.5. The topological polar surface area (TPSA) is 20.7 Å². The number of benzene rings is 4. The second kappa shape index (κ2) is 4.90. The van der Waals surface area contributed by atoms with Crippen LogP contribution in [0, 0.1) is 0 Å². The zero-order valence-electron chi connectivity index (χ0n) is 16.5. The van der Waals surface area contributed by atoms with Crippen LogP contribution in [0.2, 0.25) is 0 Å². The van der Waals surface area contributed by atoms with E-state index < -0.39 is 0 Å². The molecule has 0 atom stereocenters. The molecule has 138 valence electrons. The first kappa shape index (κ1) is 15.4. The van der Waals surface area contributed by atoms with Crippen molar-refractivity contribution in [3.63, 3.8) is 0 Å². The molecule has 1 N–H and O–H groups in total. The minimum atomic E-state index is -0.0648. The van der Waals surface area contributed by atoms with Crippen molar-refractivity contribution >= 4 is 43.6 Å². The number of hydrogen-bond donors (Lipinski definition) is 1. The molecule has 0 aliphatic carbocycles. The van der Waals surface area contributed by atoms with E-state index in [-0.39, 0.29) is 5.41 Å². The van der Waals surface area contributed by atoms with Crippen LogP contribution in [0.1, 0.15) is 25.0 Å². The van der Waals surface area contributed by atoms with Gasteiger partial charge in [-0.2, -0.15) is 0 Å². The summed E-state index contributed by atoms with van der Waals surface area (Å²) < 4.78 is 2.49. The molecule has 2 nitrogen and oxygen atoms in total. The van der Waals surface area contributed by atoms with E-state index in [0.29, 0.717) is 0 Å². The van der Waals surface area contributed by atoms with Crippen LogP contribution >= 0.6 is 0 Å². The zero-order chi connectivity index (χ0) is 19.3. The summed E-state index contributed by atoms with van der Waals surface area (Å²) in [5, 5.41) is 5.25. The lowest BCUT2D eigenvalue weighted by atomic mass is 9.74. The molecule has 0 saturated heterocycles. The summed E-state index contributed by atoms with van der Waals surface area (Å²) in [6.07, 6.45) is 0. The maximum Gasteiger partial charge on any atom is 0.0582 e. The quantitative estimate of drug-likeness (QED) is 0.295. The van der Waals surface area contributed by atoms with Gasteiger partial charge in [-0.1, -0.05) is 68.4 Å². The number of fused-ring (bicyclic) bond motifs is 8. The fourth-order valence-electron chi connectivity index (χ4n) is 5.49. The van der Waals surface area contributed by atoms with E-state index in [1.54, 1.807) is 0 Å². The number of para-hydroxylation sites is 3. The Morgan fingerprint density at radius 2 is 1.41 bits per heavy atom. The van der Waals surface area contributed by atoms with Gasteiger partial charge in [0, 0.05) is 38.0 Å². The van der Waals surface area contributed by atoms with Crippen molar-refractivity contribution in [3.8, 4) is 5.69 Å². The SMILES string of the molecule is CC1(C)c2cc3[nH]c4ccccc4c3cc2-n2c3ccccc3c3cccc1c32. The Bertz CT molecular complexity index is 1630. The molecule has 0 bridgehead atoms. The average Bonchev–Trinajstić information content (AvgIpc) is 3.27. The highest BCUT2D eigenvalue weighted by Gasteiger charge is 2.35. The first-order chi connectivity index (χ1) is 14.1. The highest BCUT2D eigenvalue weighted by molar-refractivity contribution is 6.13. The van der Waals surface area contributed by atoms with Crippen LogP contribution in [-0.2, 0) is 5.41 Å². The van der Waals surface area contributed by atoms with Crippen molar-refractivity contribution in [1.82, 2.24) is 9.55 Å². The summed E-state index contributed by atoms with van der Waals surface area (Å²) in [7, 11) is 0. The van der Waals surface area contributed by atoms with Gasteiger partial charge >= 0.3 is 0 Å². The number of nitrogens with zero attached hydrogens (tertiary/aromatic N) is 1. The van der Waals surface area contributed by atoms with E-state index in [0.717, 1.165) is 0 Å². The Kier molecular flexibility index (Phi) is 2.60. The van der Waals surface area contributed by atoms with Gasteiger partial charge in [0.25, 0.3) is 0 Å². The van der Waals surface area contributed by atoms with Crippen LogP contribution < -0.4 is 0 Å². The Morgan fingerprint density at radius 1 is 0.655 bits per heavy atom. The monoisotopic (exact) mass is 372 g/mol. The molecule has 0 amide bonds. The Morgan fingerprint density at radius 3 is 2.31 bits per heavy atom. The lowest BCUT2D eigenvalue weighted by Crippen LogP contribution is -2.26. The molecular formula is C27H20N2. The van der Waals surface area contributed by atoms with Gasteiger partial charge in [0.1, 0.15) is 0 Å². The summed E-state index contributed by atoms with van der Waals surface area (Å²) in [5.41, 5.74) is 9.05. The van der Waals surface area contributed by atoms with E-state index in [9.17, 15) is 0 Å². The lowest BCUT2D eigenvalue weighted by Gasteiger charge is -2.34. The van der Waals surface area contributed by atoms with Crippen molar-refractivity contribution in [2.45, 2.75) is 19.3 Å². The van der Waals surface area contributed by atoms with Gasteiger partial charge in [-0.25, -0.2) is 0 Å². The maximum absolute atomic E-state index is 3.64. The molecule has 4 aromatic carbocycles.